The van der Waals surface area contributed by atoms with Gasteiger partial charge in [-0.2, -0.15) is 0 Å². The first-order chi connectivity index (χ1) is 5.11. The molecule has 2 nitrogen and oxygen atoms in total. The van der Waals surface area contributed by atoms with E-state index in [-0.39, 0.29) is 12.1 Å². The Kier molecular flexibility index (Phi) is 2.53. The lowest BCUT2D eigenvalue weighted by atomic mass is 9.99. The lowest BCUT2D eigenvalue weighted by molar-refractivity contribution is -0.148. The van der Waals surface area contributed by atoms with E-state index in [2.05, 4.69) is 13.8 Å². The molecule has 0 aliphatic heterocycles. The lowest BCUT2D eigenvalue weighted by Gasteiger charge is -2.17. The van der Waals surface area contributed by atoms with Crippen LogP contribution in [0.5, 0.6) is 0 Å². The molecule has 1 fully saturated rings. The molecule has 11 heavy (non-hydrogen) atoms. The van der Waals surface area contributed by atoms with E-state index in [1.165, 1.54) is 13.3 Å². The van der Waals surface area contributed by atoms with Crippen molar-refractivity contribution in [3.05, 3.63) is 0 Å². The molecule has 1 aliphatic carbocycles. The van der Waals surface area contributed by atoms with Crippen LogP contribution in [0.25, 0.3) is 0 Å². The summed E-state index contributed by atoms with van der Waals surface area (Å²) in [5, 5.41) is 0. The first-order valence-electron chi connectivity index (χ1n) is 4.28. The number of ether oxygens (including phenoxy) is 1. The number of esters is 1. The van der Waals surface area contributed by atoms with E-state index in [0.717, 1.165) is 6.42 Å². The van der Waals surface area contributed by atoms with Gasteiger partial charge in [0.2, 0.25) is 0 Å². The Labute approximate surface area is 67.9 Å². The van der Waals surface area contributed by atoms with Crippen LogP contribution < -0.4 is 0 Å². The molecule has 2 heteroatoms. The average molecular weight is 156 g/mol. The topological polar surface area (TPSA) is 26.3 Å². The molecule has 64 valence electrons. The number of hydrogen-bond acceptors (Lipinski definition) is 2. The molecule has 0 heterocycles. The van der Waals surface area contributed by atoms with Crippen molar-refractivity contribution in [2.45, 2.75) is 39.7 Å². The van der Waals surface area contributed by atoms with Crippen molar-refractivity contribution in [1.82, 2.24) is 0 Å². The van der Waals surface area contributed by atoms with Gasteiger partial charge in [0, 0.05) is 6.92 Å². The van der Waals surface area contributed by atoms with Gasteiger partial charge in [0.25, 0.3) is 0 Å². The molecule has 0 saturated heterocycles. The Balaban J connectivity index is 2.42. The molecule has 0 N–H and O–H groups in total. The highest BCUT2D eigenvalue weighted by Gasteiger charge is 2.31. The summed E-state index contributed by atoms with van der Waals surface area (Å²) in [7, 11) is 0. The summed E-state index contributed by atoms with van der Waals surface area (Å²) >= 11 is 0. The van der Waals surface area contributed by atoms with Crippen molar-refractivity contribution in [3.8, 4) is 0 Å². The summed E-state index contributed by atoms with van der Waals surface area (Å²) in [5.41, 5.74) is 0. The average Bonchev–Trinajstić information content (AvgIpc) is 2.18. The van der Waals surface area contributed by atoms with Crippen LogP contribution in [0, 0.1) is 11.8 Å². The van der Waals surface area contributed by atoms with Gasteiger partial charge in [0.05, 0.1) is 0 Å². The highest BCUT2D eigenvalue weighted by Crippen LogP contribution is 2.33. The molecule has 0 spiro atoms. The molecule has 0 aromatic rings. The number of hydrogen-bond donors (Lipinski definition) is 0. The van der Waals surface area contributed by atoms with Crippen LogP contribution in [0.1, 0.15) is 33.6 Å². The Hall–Kier alpha value is -0.530. The largest absolute Gasteiger partial charge is 0.462 e. The van der Waals surface area contributed by atoms with Crippen molar-refractivity contribution in [2.75, 3.05) is 0 Å². The van der Waals surface area contributed by atoms with Crippen LogP contribution in [-0.4, -0.2) is 12.1 Å². The van der Waals surface area contributed by atoms with E-state index in [9.17, 15) is 4.79 Å². The maximum absolute atomic E-state index is 10.6. The highest BCUT2D eigenvalue weighted by atomic mass is 16.5. The third kappa shape index (κ3) is 1.95. The summed E-state index contributed by atoms with van der Waals surface area (Å²) in [6.45, 7) is 5.86. The second-order valence-corrected chi connectivity index (χ2v) is 3.56. The molecule has 0 aromatic heterocycles. The fraction of sp³-hybridized carbons (Fsp3) is 0.889. The summed E-state index contributed by atoms with van der Waals surface area (Å²) < 4.78 is 5.15. The molecule has 1 aliphatic rings. The van der Waals surface area contributed by atoms with Gasteiger partial charge >= 0.3 is 5.97 Å². The van der Waals surface area contributed by atoms with Crippen molar-refractivity contribution < 1.29 is 9.53 Å². The van der Waals surface area contributed by atoms with Gasteiger partial charge in [0.1, 0.15) is 6.10 Å². The van der Waals surface area contributed by atoms with Gasteiger partial charge in [-0.05, 0) is 24.7 Å². The van der Waals surface area contributed by atoms with Crippen LogP contribution in [0.2, 0.25) is 0 Å². The van der Waals surface area contributed by atoms with E-state index in [1.807, 2.05) is 0 Å². The molecule has 1 rings (SSSR count). The molecule has 0 radical (unpaired) electrons. The molecular weight excluding hydrogens is 140 g/mol. The molecule has 1 saturated carbocycles. The molecule has 3 atom stereocenters. The lowest BCUT2D eigenvalue weighted by Crippen LogP contribution is -2.20. The Morgan fingerprint density at radius 1 is 1.36 bits per heavy atom. The number of rotatable bonds is 1. The monoisotopic (exact) mass is 156 g/mol. The maximum Gasteiger partial charge on any atom is 0.302 e. The van der Waals surface area contributed by atoms with Gasteiger partial charge in [0.15, 0.2) is 0 Å². The Bertz CT molecular complexity index is 154. The first-order valence-corrected chi connectivity index (χ1v) is 4.28. The van der Waals surface area contributed by atoms with Crippen LogP contribution in [0.3, 0.4) is 0 Å². The van der Waals surface area contributed by atoms with E-state index in [1.54, 1.807) is 0 Å². The van der Waals surface area contributed by atoms with Crippen LogP contribution in [0.4, 0.5) is 0 Å². The van der Waals surface area contributed by atoms with E-state index in [4.69, 9.17) is 4.74 Å². The molecule has 3 unspecified atom stereocenters. The van der Waals surface area contributed by atoms with Crippen molar-refractivity contribution in [1.29, 1.82) is 0 Å². The third-order valence-electron chi connectivity index (χ3n) is 2.71. The number of carbonyl (C=O) groups is 1. The van der Waals surface area contributed by atoms with Crippen LogP contribution in [-0.2, 0) is 9.53 Å². The minimum absolute atomic E-state index is 0.143. The highest BCUT2D eigenvalue weighted by molar-refractivity contribution is 5.66. The third-order valence-corrected chi connectivity index (χ3v) is 2.71. The van der Waals surface area contributed by atoms with E-state index >= 15 is 0 Å². The van der Waals surface area contributed by atoms with Gasteiger partial charge in [-0.3, -0.25) is 4.79 Å². The second kappa shape index (κ2) is 3.24. The maximum atomic E-state index is 10.6. The molecule has 0 aromatic carbocycles. The smallest absolute Gasteiger partial charge is 0.302 e. The summed E-state index contributed by atoms with van der Waals surface area (Å²) in [6, 6.07) is 0. The molecular formula is C9H16O2. The Morgan fingerprint density at radius 3 is 2.36 bits per heavy atom. The molecule has 0 bridgehead atoms. The SMILES string of the molecule is CC(=O)OC1CCC(C)C1C. The van der Waals surface area contributed by atoms with Crippen molar-refractivity contribution in [2.24, 2.45) is 11.8 Å². The van der Waals surface area contributed by atoms with Crippen molar-refractivity contribution in [3.63, 3.8) is 0 Å². The predicted octanol–water partition coefficient (Wildman–Crippen LogP) is 1.98. The zero-order chi connectivity index (χ0) is 8.43. The predicted molar refractivity (Wildman–Crippen MR) is 43.1 cm³/mol. The zero-order valence-electron chi connectivity index (χ0n) is 7.46. The molecule has 0 amide bonds. The van der Waals surface area contributed by atoms with E-state index in [0.29, 0.717) is 11.8 Å². The Morgan fingerprint density at radius 2 is 2.00 bits per heavy atom. The van der Waals surface area contributed by atoms with Crippen LogP contribution >= 0.6 is 0 Å². The summed E-state index contributed by atoms with van der Waals surface area (Å²) in [5.74, 6) is 1.11. The first kappa shape index (κ1) is 8.57. The quantitative estimate of drug-likeness (QED) is 0.543. The summed E-state index contributed by atoms with van der Waals surface area (Å²) in [4.78, 5) is 10.6. The number of carbonyl (C=O) groups excluding carboxylic acids is 1. The van der Waals surface area contributed by atoms with Gasteiger partial charge in [-0.15, -0.1) is 0 Å². The summed E-state index contributed by atoms with van der Waals surface area (Å²) in [6.07, 6.45) is 2.42. The fourth-order valence-electron chi connectivity index (χ4n) is 1.70. The second-order valence-electron chi connectivity index (χ2n) is 3.56. The van der Waals surface area contributed by atoms with Gasteiger partial charge < -0.3 is 4.74 Å². The fourth-order valence-corrected chi connectivity index (χ4v) is 1.70. The zero-order valence-corrected chi connectivity index (χ0v) is 7.46. The van der Waals surface area contributed by atoms with Crippen molar-refractivity contribution >= 4 is 5.97 Å². The standard InChI is InChI=1S/C9H16O2/c1-6-4-5-9(7(6)2)11-8(3)10/h6-7,9H,4-5H2,1-3H3. The van der Waals surface area contributed by atoms with Gasteiger partial charge in [-0.25, -0.2) is 0 Å². The minimum atomic E-state index is -0.143. The normalized spacial score (nSPS) is 37.2. The van der Waals surface area contributed by atoms with Gasteiger partial charge in [-0.1, -0.05) is 13.8 Å². The van der Waals surface area contributed by atoms with Crippen LogP contribution in [0.15, 0.2) is 0 Å². The minimum Gasteiger partial charge on any atom is -0.462 e. The van der Waals surface area contributed by atoms with E-state index < -0.39 is 0 Å².